The number of hydrogen-bond acceptors (Lipinski definition) is 2. The van der Waals surface area contributed by atoms with Crippen LogP contribution in [0.15, 0.2) is 24.3 Å². The Bertz CT molecular complexity index is 338. The summed E-state index contributed by atoms with van der Waals surface area (Å²) < 4.78 is 5.31. The molecule has 0 aliphatic heterocycles. The third-order valence-electron chi connectivity index (χ3n) is 2.29. The molecule has 1 N–H and O–H groups in total. The summed E-state index contributed by atoms with van der Waals surface area (Å²) >= 11 is 5.74. The number of hydrogen-bond donors (Lipinski definition) is 1. The average molecular weight is 256 g/mol. The predicted octanol–water partition coefficient (Wildman–Crippen LogP) is 3.03. The second kappa shape index (κ2) is 7.96. The lowest BCUT2D eigenvalue weighted by molar-refractivity contribution is -0.123. The maximum absolute atomic E-state index is 11.4. The monoisotopic (exact) mass is 255 g/mol. The lowest BCUT2D eigenvalue weighted by Crippen LogP contribution is -2.29. The fourth-order valence-electron chi connectivity index (χ4n) is 1.33. The van der Waals surface area contributed by atoms with E-state index in [4.69, 9.17) is 16.3 Å². The summed E-state index contributed by atoms with van der Waals surface area (Å²) in [6, 6.07) is 6.95. The highest BCUT2D eigenvalue weighted by Crippen LogP contribution is 2.15. The number of unbranched alkanes of at least 4 members (excludes halogenated alkanes) is 2. The van der Waals surface area contributed by atoms with Gasteiger partial charge in [-0.3, -0.25) is 4.79 Å². The van der Waals surface area contributed by atoms with Crippen LogP contribution in [0.2, 0.25) is 5.02 Å². The Morgan fingerprint density at radius 3 is 2.65 bits per heavy atom. The van der Waals surface area contributed by atoms with E-state index in [2.05, 4.69) is 12.2 Å². The number of carbonyl (C=O) groups excluding carboxylic acids is 1. The van der Waals surface area contributed by atoms with Crippen molar-refractivity contribution in [2.24, 2.45) is 0 Å². The quantitative estimate of drug-likeness (QED) is 0.761. The highest BCUT2D eigenvalue weighted by molar-refractivity contribution is 6.30. The Morgan fingerprint density at radius 2 is 2.00 bits per heavy atom. The van der Waals surface area contributed by atoms with Crippen LogP contribution in [0, 0.1) is 0 Å². The molecule has 0 aliphatic rings. The first kappa shape index (κ1) is 13.8. The number of nitrogens with one attached hydrogen (secondary N) is 1. The standard InChI is InChI=1S/C13H18ClNO2/c1-2-3-4-9-15-13(16)10-17-12-7-5-11(14)6-8-12/h5-8H,2-4,9-10H2,1H3,(H,15,16). The molecule has 0 unspecified atom stereocenters. The molecule has 1 aromatic carbocycles. The van der Waals surface area contributed by atoms with Crippen molar-refractivity contribution in [2.45, 2.75) is 26.2 Å². The zero-order valence-corrected chi connectivity index (χ0v) is 10.8. The molecule has 3 nitrogen and oxygen atoms in total. The summed E-state index contributed by atoms with van der Waals surface area (Å²) in [4.78, 5) is 11.4. The maximum Gasteiger partial charge on any atom is 0.257 e. The van der Waals surface area contributed by atoms with Crippen molar-refractivity contribution >= 4 is 17.5 Å². The van der Waals surface area contributed by atoms with E-state index < -0.39 is 0 Å². The van der Waals surface area contributed by atoms with Gasteiger partial charge in [0.05, 0.1) is 0 Å². The largest absolute Gasteiger partial charge is 0.484 e. The smallest absolute Gasteiger partial charge is 0.257 e. The summed E-state index contributed by atoms with van der Waals surface area (Å²) in [7, 11) is 0. The Hall–Kier alpha value is -1.22. The van der Waals surface area contributed by atoms with E-state index in [9.17, 15) is 4.79 Å². The van der Waals surface area contributed by atoms with Gasteiger partial charge in [-0.15, -0.1) is 0 Å². The molecule has 0 radical (unpaired) electrons. The molecule has 0 spiro atoms. The van der Waals surface area contributed by atoms with Crippen LogP contribution in [0.1, 0.15) is 26.2 Å². The van der Waals surface area contributed by atoms with Gasteiger partial charge in [0.2, 0.25) is 0 Å². The van der Waals surface area contributed by atoms with Crippen LogP contribution < -0.4 is 10.1 Å². The molecule has 0 aliphatic carbocycles. The van der Waals surface area contributed by atoms with E-state index >= 15 is 0 Å². The minimum absolute atomic E-state index is 0.0494. The summed E-state index contributed by atoms with van der Waals surface area (Å²) in [5, 5.41) is 3.46. The molecule has 17 heavy (non-hydrogen) atoms. The van der Waals surface area contributed by atoms with Gasteiger partial charge in [-0.2, -0.15) is 0 Å². The van der Waals surface area contributed by atoms with Crippen molar-refractivity contribution in [3.05, 3.63) is 29.3 Å². The minimum atomic E-state index is -0.0870. The molecule has 1 rings (SSSR count). The molecule has 0 heterocycles. The zero-order chi connectivity index (χ0) is 12.5. The predicted molar refractivity (Wildman–Crippen MR) is 69.5 cm³/mol. The van der Waals surface area contributed by atoms with Crippen LogP contribution in [0.4, 0.5) is 0 Å². The summed E-state index contributed by atoms with van der Waals surface area (Å²) in [5.41, 5.74) is 0. The van der Waals surface area contributed by atoms with Gasteiger partial charge in [-0.05, 0) is 30.7 Å². The van der Waals surface area contributed by atoms with Crippen molar-refractivity contribution in [3.8, 4) is 5.75 Å². The van der Waals surface area contributed by atoms with E-state index in [-0.39, 0.29) is 12.5 Å². The van der Waals surface area contributed by atoms with Gasteiger partial charge in [0.1, 0.15) is 5.75 Å². The van der Waals surface area contributed by atoms with Crippen LogP contribution in [-0.4, -0.2) is 19.1 Å². The molecular weight excluding hydrogens is 238 g/mol. The molecule has 94 valence electrons. The molecule has 0 aromatic heterocycles. The number of halogens is 1. The minimum Gasteiger partial charge on any atom is -0.484 e. The highest BCUT2D eigenvalue weighted by atomic mass is 35.5. The topological polar surface area (TPSA) is 38.3 Å². The third-order valence-corrected chi connectivity index (χ3v) is 2.54. The number of carbonyl (C=O) groups is 1. The van der Waals surface area contributed by atoms with Crippen LogP contribution in [0.25, 0.3) is 0 Å². The first-order valence-electron chi connectivity index (χ1n) is 5.87. The molecule has 0 bridgehead atoms. The molecule has 0 saturated carbocycles. The SMILES string of the molecule is CCCCCNC(=O)COc1ccc(Cl)cc1. The summed E-state index contributed by atoms with van der Waals surface area (Å²) in [6.45, 7) is 2.90. The number of ether oxygens (including phenoxy) is 1. The van der Waals surface area contributed by atoms with Crippen LogP contribution >= 0.6 is 11.6 Å². The fraction of sp³-hybridized carbons (Fsp3) is 0.462. The first-order valence-corrected chi connectivity index (χ1v) is 6.25. The van der Waals surface area contributed by atoms with Crippen LogP contribution in [0.5, 0.6) is 5.75 Å². The second-order valence-electron chi connectivity index (χ2n) is 3.80. The molecule has 1 amide bonds. The van der Waals surface area contributed by atoms with Crippen molar-refractivity contribution < 1.29 is 9.53 Å². The molecule has 0 fully saturated rings. The van der Waals surface area contributed by atoms with Crippen LogP contribution in [0.3, 0.4) is 0 Å². The molecule has 0 saturated heterocycles. The lowest BCUT2D eigenvalue weighted by Gasteiger charge is -2.07. The van der Waals surface area contributed by atoms with E-state index in [1.54, 1.807) is 24.3 Å². The molecule has 1 aromatic rings. The van der Waals surface area contributed by atoms with Gasteiger partial charge < -0.3 is 10.1 Å². The number of rotatable bonds is 7. The van der Waals surface area contributed by atoms with Gasteiger partial charge in [0.15, 0.2) is 6.61 Å². The first-order chi connectivity index (χ1) is 8.22. The Balaban J connectivity index is 2.17. The number of amides is 1. The van der Waals surface area contributed by atoms with Crippen molar-refractivity contribution in [1.29, 1.82) is 0 Å². The number of benzene rings is 1. The molecule has 0 atom stereocenters. The second-order valence-corrected chi connectivity index (χ2v) is 4.24. The lowest BCUT2D eigenvalue weighted by atomic mass is 10.2. The van der Waals surface area contributed by atoms with Crippen molar-refractivity contribution in [3.63, 3.8) is 0 Å². The fourth-order valence-corrected chi connectivity index (χ4v) is 1.46. The van der Waals surface area contributed by atoms with E-state index in [1.807, 2.05) is 0 Å². The normalized spacial score (nSPS) is 10.0. The molecule has 4 heteroatoms. The van der Waals surface area contributed by atoms with Gasteiger partial charge in [0, 0.05) is 11.6 Å². The van der Waals surface area contributed by atoms with E-state index in [1.165, 1.54) is 0 Å². The summed E-state index contributed by atoms with van der Waals surface area (Å²) in [6.07, 6.45) is 3.30. The van der Waals surface area contributed by atoms with Crippen LogP contribution in [-0.2, 0) is 4.79 Å². The molecular formula is C13H18ClNO2. The third kappa shape index (κ3) is 6.17. The zero-order valence-electron chi connectivity index (χ0n) is 10.0. The van der Waals surface area contributed by atoms with E-state index in [0.717, 1.165) is 25.8 Å². The average Bonchev–Trinajstić information content (AvgIpc) is 2.34. The van der Waals surface area contributed by atoms with Gasteiger partial charge in [0.25, 0.3) is 5.91 Å². The van der Waals surface area contributed by atoms with Crippen molar-refractivity contribution in [1.82, 2.24) is 5.32 Å². The van der Waals surface area contributed by atoms with Gasteiger partial charge >= 0.3 is 0 Å². The highest BCUT2D eigenvalue weighted by Gasteiger charge is 2.01. The van der Waals surface area contributed by atoms with Gasteiger partial charge in [-0.1, -0.05) is 31.4 Å². The maximum atomic E-state index is 11.4. The Kier molecular flexibility index (Phi) is 6.48. The van der Waals surface area contributed by atoms with E-state index in [0.29, 0.717) is 10.8 Å². The summed E-state index contributed by atoms with van der Waals surface area (Å²) in [5.74, 6) is 0.564. The van der Waals surface area contributed by atoms with Crippen molar-refractivity contribution in [2.75, 3.05) is 13.2 Å². The Labute approximate surface area is 107 Å². The Morgan fingerprint density at radius 1 is 1.29 bits per heavy atom. The van der Waals surface area contributed by atoms with Gasteiger partial charge in [-0.25, -0.2) is 0 Å².